The molecule has 0 saturated carbocycles. The molecule has 4 N–H and O–H groups in total. The molecule has 1 unspecified atom stereocenters. The second-order valence-electron chi connectivity index (χ2n) is 4.63. The van der Waals surface area contributed by atoms with Gasteiger partial charge >= 0.3 is 0 Å². The van der Waals surface area contributed by atoms with Crippen LogP contribution in [0, 0.1) is 0 Å². The minimum atomic E-state index is -0.834. The maximum Gasteiger partial charge on any atom is 0.239 e. The van der Waals surface area contributed by atoms with Gasteiger partial charge in [-0.2, -0.15) is 0 Å². The third-order valence-electron chi connectivity index (χ3n) is 2.92. The third-order valence-corrected chi connectivity index (χ3v) is 2.92. The van der Waals surface area contributed by atoms with Crippen LogP contribution < -0.4 is 11.5 Å². The van der Waals surface area contributed by atoms with Gasteiger partial charge in [-0.05, 0) is 18.4 Å². The van der Waals surface area contributed by atoms with E-state index in [0.717, 1.165) is 12.8 Å². The monoisotopic (exact) mass is 263 g/mol. The van der Waals surface area contributed by atoms with Crippen LogP contribution in [0.25, 0.3) is 0 Å². The molecule has 0 fully saturated rings. The molecule has 0 bridgehead atoms. The van der Waals surface area contributed by atoms with E-state index < -0.39 is 11.9 Å². The molecule has 1 rings (SSSR count). The van der Waals surface area contributed by atoms with E-state index in [-0.39, 0.29) is 12.3 Å². The number of primary amides is 1. The maximum absolute atomic E-state index is 11.8. The molecule has 0 spiro atoms. The Hall–Kier alpha value is -1.88. The van der Waals surface area contributed by atoms with E-state index >= 15 is 0 Å². The molecule has 0 aliphatic heterocycles. The van der Waals surface area contributed by atoms with Gasteiger partial charge in [-0.25, -0.2) is 0 Å². The number of rotatable bonds is 7. The van der Waals surface area contributed by atoms with Gasteiger partial charge in [0, 0.05) is 13.6 Å². The number of nitrogens with two attached hydrogens (primary N) is 2. The number of benzene rings is 1. The Morgan fingerprint density at radius 1 is 1.26 bits per heavy atom. The number of amides is 2. The van der Waals surface area contributed by atoms with Gasteiger partial charge in [0.2, 0.25) is 11.8 Å². The van der Waals surface area contributed by atoms with Crippen molar-refractivity contribution in [3.05, 3.63) is 35.9 Å². The van der Waals surface area contributed by atoms with Crippen LogP contribution >= 0.6 is 0 Å². The quantitative estimate of drug-likeness (QED) is 0.740. The van der Waals surface area contributed by atoms with Gasteiger partial charge < -0.3 is 16.4 Å². The molecule has 0 aliphatic carbocycles. The maximum atomic E-state index is 11.8. The predicted octanol–water partition coefficient (Wildman–Crippen LogP) is 0.280. The van der Waals surface area contributed by atoms with E-state index in [2.05, 4.69) is 12.1 Å². The zero-order valence-electron chi connectivity index (χ0n) is 11.2. The normalized spacial score (nSPS) is 11.9. The topological polar surface area (TPSA) is 89.4 Å². The van der Waals surface area contributed by atoms with Crippen LogP contribution in [0.1, 0.15) is 18.4 Å². The number of carbonyl (C=O) groups is 2. The summed E-state index contributed by atoms with van der Waals surface area (Å²) in [5, 5.41) is 0. The fourth-order valence-electron chi connectivity index (χ4n) is 1.86. The Bertz CT molecular complexity index is 420. The van der Waals surface area contributed by atoms with E-state index in [1.54, 1.807) is 11.9 Å². The highest BCUT2D eigenvalue weighted by Crippen LogP contribution is 2.04. The summed E-state index contributed by atoms with van der Waals surface area (Å²) in [6, 6.07) is 9.24. The summed E-state index contributed by atoms with van der Waals surface area (Å²) in [6.07, 6.45) is 1.65. The highest BCUT2D eigenvalue weighted by Gasteiger charge is 2.19. The van der Waals surface area contributed by atoms with Gasteiger partial charge in [0.1, 0.15) is 0 Å². The van der Waals surface area contributed by atoms with Crippen molar-refractivity contribution in [2.45, 2.75) is 25.3 Å². The molecule has 2 amide bonds. The first-order chi connectivity index (χ1) is 9.00. The van der Waals surface area contributed by atoms with Gasteiger partial charge in [-0.3, -0.25) is 9.59 Å². The Balaban J connectivity index is 2.32. The first-order valence-electron chi connectivity index (χ1n) is 6.33. The van der Waals surface area contributed by atoms with Crippen LogP contribution in [0.15, 0.2) is 30.3 Å². The molecule has 0 aliphatic rings. The number of likely N-dealkylation sites (N-methyl/N-ethyl adjacent to an activating group) is 1. The average Bonchev–Trinajstić information content (AvgIpc) is 2.38. The summed E-state index contributed by atoms with van der Waals surface area (Å²) >= 11 is 0. The summed E-state index contributed by atoms with van der Waals surface area (Å²) in [5.41, 5.74) is 11.9. The molecule has 0 aromatic heterocycles. The number of hydrogen-bond donors (Lipinski definition) is 2. The Labute approximate surface area is 113 Å². The van der Waals surface area contributed by atoms with E-state index in [1.807, 2.05) is 18.2 Å². The standard InChI is InChI=1S/C14H21N3O2/c1-17(14(19)12(15)10-13(16)18)9-5-8-11-6-3-2-4-7-11/h2-4,6-7,12H,5,8-10,15H2,1H3,(H2,16,18). The van der Waals surface area contributed by atoms with Crippen LogP contribution in [0.4, 0.5) is 0 Å². The SMILES string of the molecule is CN(CCCc1ccccc1)C(=O)C(N)CC(N)=O. The minimum Gasteiger partial charge on any atom is -0.370 e. The zero-order chi connectivity index (χ0) is 14.3. The van der Waals surface area contributed by atoms with Gasteiger partial charge in [-0.1, -0.05) is 30.3 Å². The van der Waals surface area contributed by atoms with Crippen molar-refractivity contribution in [2.24, 2.45) is 11.5 Å². The number of carbonyl (C=O) groups excluding carboxylic acids is 2. The third kappa shape index (κ3) is 5.52. The van der Waals surface area contributed by atoms with E-state index in [0.29, 0.717) is 6.54 Å². The second kappa shape index (κ2) is 7.53. The molecule has 5 nitrogen and oxygen atoms in total. The average molecular weight is 263 g/mol. The molecular formula is C14H21N3O2. The van der Waals surface area contributed by atoms with Crippen molar-refractivity contribution in [3.8, 4) is 0 Å². The predicted molar refractivity (Wildman–Crippen MR) is 74.2 cm³/mol. The lowest BCUT2D eigenvalue weighted by Crippen LogP contribution is -2.44. The van der Waals surface area contributed by atoms with Crippen LogP contribution in [-0.2, 0) is 16.0 Å². The van der Waals surface area contributed by atoms with Gasteiger partial charge in [0.25, 0.3) is 0 Å². The summed E-state index contributed by atoms with van der Waals surface area (Å²) in [7, 11) is 1.69. The number of nitrogens with zero attached hydrogens (tertiary/aromatic N) is 1. The van der Waals surface area contributed by atoms with Crippen LogP contribution in [0.2, 0.25) is 0 Å². The van der Waals surface area contributed by atoms with E-state index in [9.17, 15) is 9.59 Å². The lowest BCUT2D eigenvalue weighted by atomic mass is 10.1. The molecule has 5 heteroatoms. The highest BCUT2D eigenvalue weighted by atomic mass is 16.2. The number of aryl methyl sites for hydroxylation is 1. The zero-order valence-corrected chi connectivity index (χ0v) is 11.2. The van der Waals surface area contributed by atoms with Crippen molar-refractivity contribution in [2.75, 3.05) is 13.6 Å². The van der Waals surface area contributed by atoms with Gasteiger partial charge in [-0.15, -0.1) is 0 Å². The summed E-state index contributed by atoms with van der Waals surface area (Å²) in [5.74, 6) is -0.801. The molecule has 1 aromatic carbocycles. The second-order valence-corrected chi connectivity index (χ2v) is 4.63. The molecule has 0 radical (unpaired) electrons. The van der Waals surface area contributed by atoms with Crippen molar-refractivity contribution in [3.63, 3.8) is 0 Å². The fraction of sp³-hybridized carbons (Fsp3) is 0.429. The lowest BCUT2D eigenvalue weighted by Gasteiger charge is -2.20. The number of hydrogen-bond acceptors (Lipinski definition) is 3. The minimum absolute atomic E-state index is 0.109. The molecule has 104 valence electrons. The Morgan fingerprint density at radius 2 is 1.89 bits per heavy atom. The summed E-state index contributed by atoms with van der Waals surface area (Å²) < 4.78 is 0. The fourth-order valence-corrected chi connectivity index (χ4v) is 1.86. The Kier molecular flexibility index (Phi) is 6.02. The molecule has 1 aromatic rings. The first kappa shape index (κ1) is 15.2. The largest absolute Gasteiger partial charge is 0.370 e. The summed E-state index contributed by atoms with van der Waals surface area (Å²) in [6.45, 7) is 0.611. The smallest absolute Gasteiger partial charge is 0.239 e. The summed E-state index contributed by atoms with van der Waals surface area (Å²) in [4.78, 5) is 24.1. The van der Waals surface area contributed by atoms with Crippen molar-refractivity contribution >= 4 is 11.8 Å². The van der Waals surface area contributed by atoms with Gasteiger partial charge in [0.05, 0.1) is 12.5 Å². The van der Waals surface area contributed by atoms with Gasteiger partial charge in [0.15, 0.2) is 0 Å². The molecular weight excluding hydrogens is 242 g/mol. The van der Waals surface area contributed by atoms with Crippen LogP contribution in [0.5, 0.6) is 0 Å². The van der Waals surface area contributed by atoms with Crippen molar-refractivity contribution in [1.82, 2.24) is 4.90 Å². The molecule has 0 saturated heterocycles. The van der Waals surface area contributed by atoms with Crippen LogP contribution in [-0.4, -0.2) is 36.3 Å². The van der Waals surface area contributed by atoms with Crippen molar-refractivity contribution in [1.29, 1.82) is 0 Å². The van der Waals surface area contributed by atoms with E-state index in [1.165, 1.54) is 5.56 Å². The van der Waals surface area contributed by atoms with Crippen LogP contribution in [0.3, 0.4) is 0 Å². The lowest BCUT2D eigenvalue weighted by molar-refractivity contribution is -0.133. The Morgan fingerprint density at radius 3 is 2.47 bits per heavy atom. The van der Waals surface area contributed by atoms with Crippen molar-refractivity contribution < 1.29 is 9.59 Å². The molecule has 19 heavy (non-hydrogen) atoms. The molecule has 1 atom stereocenters. The molecule has 0 heterocycles. The highest BCUT2D eigenvalue weighted by molar-refractivity contribution is 5.87. The first-order valence-corrected chi connectivity index (χ1v) is 6.33. The van der Waals surface area contributed by atoms with E-state index in [4.69, 9.17) is 11.5 Å².